The number of hydrogen-bond donors (Lipinski definition) is 0. The molecular formula is C24H22ClN7O. The van der Waals surface area contributed by atoms with Crippen molar-refractivity contribution in [1.29, 1.82) is 0 Å². The second kappa shape index (κ2) is 8.99. The fourth-order valence-corrected chi connectivity index (χ4v) is 4.17. The molecule has 4 aromatic rings. The third-order valence-electron chi connectivity index (χ3n) is 5.62. The van der Waals surface area contributed by atoms with Gasteiger partial charge in [0.2, 0.25) is 0 Å². The molecule has 9 heteroatoms. The van der Waals surface area contributed by atoms with Crippen LogP contribution in [0.4, 0.5) is 11.5 Å². The number of para-hydroxylation sites is 1. The van der Waals surface area contributed by atoms with Gasteiger partial charge in [0.1, 0.15) is 10.8 Å². The van der Waals surface area contributed by atoms with E-state index in [2.05, 4.69) is 24.9 Å². The summed E-state index contributed by atoms with van der Waals surface area (Å²) in [6.07, 6.45) is 5.15. The van der Waals surface area contributed by atoms with Gasteiger partial charge in [-0.25, -0.2) is 9.97 Å². The van der Waals surface area contributed by atoms with Crippen molar-refractivity contribution in [3.05, 3.63) is 88.2 Å². The van der Waals surface area contributed by atoms with Crippen LogP contribution in [0.15, 0.2) is 71.9 Å². The van der Waals surface area contributed by atoms with Gasteiger partial charge < -0.3 is 9.80 Å². The number of nitrogens with zero attached hydrogens (tertiary/aromatic N) is 7. The molecule has 0 radical (unpaired) electrons. The maximum atomic E-state index is 12.8. The smallest absolute Gasteiger partial charge is 0.292 e. The fourth-order valence-electron chi connectivity index (χ4n) is 3.92. The molecule has 0 N–H and O–H groups in total. The first kappa shape index (κ1) is 21.1. The molecule has 1 aliphatic rings. The van der Waals surface area contributed by atoms with Crippen LogP contribution in [0.5, 0.6) is 0 Å². The van der Waals surface area contributed by atoms with Crippen molar-refractivity contribution >= 4 is 23.1 Å². The predicted octanol–water partition coefficient (Wildman–Crippen LogP) is 3.37. The minimum absolute atomic E-state index is 0.181. The van der Waals surface area contributed by atoms with Crippen molar-refractivity contribution in [3.8, 4) is 17.1 Å². The Hall–Kier alpha value is -3.78. The van der Waals surface area contributed by atoms with Crippen LogP contribution in [-0.2, 0) is 0 Å². The number of benzene rings is 1. The SMILES string of the molecule is Cc1cc(N2CCN(c3cnn(-c4ccccc4)c(=O)c3Cl)CC2)nc(-c2ccncc2)n1. The highest BCUT2D eigenvalue weighted by molar-refractivity contribution is 6.33. The topological polar surface area (TPSA) is 80.0 Å². The monoisotopic (exact) mass is 459 g/mol. The Morgan fingerprint density at radius 3 is 2.33 bits per heavy atom. The Kier molecular flexibility index (Phi) is 5.75. The number of hydrogen-bond acceptors (Lipinski definition) is 7. The minimum atomic E-state index is -0.323. The average Bonchev–Trinajstić information content (AvgIpc) is 2.86. The summed E-state index contributed by atoms with van der Waals surface area (Å²) in [7, 11) is 0. The standard InChI is InChI=1S/C24H22ClN7O/c1-17-15-21(29-23(28-17)18-7-9-26-10-8-18)31-13-11-30(12-14-31)20-16-27-32(24(33)22(20)25)19-5-3-2-4-6-19/h2-10,15-16H,11-14H2,1H3. The summed E-state index contributed by atoms with van der Waals surface area (Å²) >= 11 is 6.49. The molecule has 0 amide bonds. The van der Waals surface area contributed by atoms with E-state index in [0.29, 0.717) is 30.3 Å². The first-order valence-corrected chi connectivity index (χ1v) is 11.1. The molecule has 5 rings (SSSR count). The molecule has 8 nitrogen and oxygen atoms in total. The fraction of sp³-hybridized carbons (Fsp3) is 0.208. The zero-order valence-corrected chi connectivity index (χ0v) is 18.9. The quantitative estimate of drug-likeness (QED) is 0.463. The number of rotatable bonds is 4. The minimum Gasteiger partial charge on any atom is -0.365 e. The highest BCUT2D eigenvalue weighted by Gasteiger charge is 2.23. The Labute approximate surface area is 196 Å². The lowest BCUT2D eigenvalue weighted by atomic mass is 10.2. The van der Waals surface area contributed by atoms with Crippen LogP contribution >= 0.6 is 11.6 Å². The third-order valence-corrected chi connectivity index (χ3v) is 5.98. The molecule has 0 unspecified atom stereocenters. The lowest BCUT2D eigenvalue weighted by Gasteiger charge is -2.37. The van der Waals surface area contributed by atoms with Crippen molar-refractivity contribution < 1.29 is 0 Å². The van der Waals surface area contributed by atoms with Crippen molar-refractivity contribution in [2.75, 3.05) is 36.0 Å². The lowest BCUT2D eigenvalue weighted by molar-refractivity contribution is 0.642. The van der Waals surface area contributed by atoms with Crippen LogP contribution in [0.25, 0.3) is 17.1 Å². The summed E-state index contributed by atoms with van der Waals surface area (Å²) < 4.78 is 1.33. The Bertz CT molecular complexity index is 1320. The van der Waals surface area contributed by atoms with Gasteiger partial charge in [0.05, 0.1) is 17.6 Å². The van der Waals surface area contributed by atoms with E-state index in [9.17, 15) is 4.79 Å². The summed E-state index contributed by atoms with van der Waals surface area (Å²) in [6.45, 7) is 4.85. The van der Waals surface area contributed by atoms with Gasteiger partial charge in [0.15, 0.2) is 5.82 Å². The summed E-state index contributed by atoms with van der Waals surface area (Å²) in [6, 6.07) is 15.1. The number of aromatic nitrogens is 5. The second-order valence-electron chi connectivity index (χ2n) is 7.80. The van der Waals surface area contributed by atoms with Gasteiger partial charge in [-0.3, -0.25) is 9.78 Å². The lowest BCUT2D eigenvalue weighted by Crippen LogP contribution is -2.47. The molecule has 3 aromatic heterocycles. The van der Waals surface area contributed by atoms with Gasteiger partial charge in [-0.05, 0) is 31.2 Å². The second-order valence-corrected chi connectivity index (χ2v) is 8.18. The Morgan fingerprint density at radius 1 is 0.909 bits per heavy atom. The van der Waals surface area contributed by atoms with Crippen LogP contribution in [0.3, 0.4) is 0 Å². The molecule has 0 atom stereocenters. The summed E-state index contributed by atoms with van der Waals surface area (Å²) in [4.78, 5) is 30.6. The van der Waals surface area contributed by atoms with Gasteiger partial charge in [-0.15, -0.1) is 0 Å². The van der Waals surface area contributed by atoms with Crippen molar-refractivity contribution in [3.63, 3.8) is 0 Å². The first-order chi connectivity index (χ1) is 16.1. The van der Waals surface area contributed by atoms with E-state index >= 15 is 0 Å². The van der Waals surface area contributed by atoms with Gasteiger partial charge in [0.25, 0.3) is 5.56 Å². The van der Waals surface area contributed by atoms with Crippen molar-refractivity contribution in [2.45, 2.75) is 6.92 Å². The largest absolute Gasteiger partial charge is 0.365 e. The molecule has 0 saturated carbocycles. The summed E-state index contributed by atoms with van der Waals surface area (Å²) in [5.74, 6) is 1.57. The van der Waals surface area contributed by atoms with E-state index < -0.39 is 0 Å². The molecule has 0 bridgehead atoms. The average molecular weight is 460 g/mol. The molecule has 1 saturated heterocycles. The number of piperazine rings is 1. The van der Waals surface area contributed by atoms with E-state index in [1.54, 1.807) is 18.6 Å². The third kappa shape index (κ3) is 4.29. The summed E-state index contributed by atoms with van der Waals surface area (Å²) in [5.41, 5.74) is 2.86. The van der Waals surface area contributed by atoms with E-state index in [4.69, 9.17) is 16.6 Å². The number of pyridine rings is 1. The van der Waals surface area contributed by atoms with Crippen molar-refractivity contribution in [1.82, 2.24) is 24.7 Å². The molecule has 1 aromatic carbocycles. The van der Waals surface area contributed by atoms with Crippen LogP contribution in [0.1, 0.15) is 5.69 Å². The zero-order valence-electron chi connectivity index (χ0n) is 18.1. The number of halogens is 1. The molecule has 166 valence electrons. The number of aryl methyl sites for hydroxylation is 1. The Morgan fingerprint density at radius 2 is 1.61 bits per heavy atom. The number of anilines is 2. The van der Waals surface area contributed by atoms with Crippen LogP contribution < -0.4 is 15.4 Å². The molecular weight excluding hydrogens is 438 g/mol. The van der Waals surface area contributed by atoms with E-state index in [1.165, 1.54) is 4.68 Å². The zero-order chi connectivity index (χ0) is 22.8. The van der Waals surface area contributed by atoms with Crippen LogP contribution in [-0.4, -0.2) is 50.9 Å². The molecule has 0 aliphatic carbocycles. The van der Waals surface area contributed by atoms with Crippen LogP contribution in [0, 0.1) is 6.92 Å². The highest BCUT2D eigenvalue weighted by Crippen LogP contribution is 2.25. The Balaban J connectivity index is 1.34. The van der Waals surface area contributed by atoms with E-state index in [0.717, 1.165) is 30.2 Å². The molecule has 4 heterocycles. The van der Waals surface area contributed by atoms with Gasteiger partial charge >= 0.3 is 0 Å². The van der Waals surface area contributed by atoms with Crippen LogP contribution in [0.2, 0.25) is 5.02 Å². The van der Waals surface area contributed by atoms with E-state index in [-0.39, 0.29) is 10.6 Å². The predicted molar refractivity (Wildman–Crippen MR) is 129 cm³/mol. The van der Waals surface area contributed by atoms with Gasteiger partial charge in [-0.1, -0.05) is 29.8 Å². The molecule has 33 heavy (non-hydrogen) atoms. The maximum absolute atomic E-state index is 12.8. The highest BCUT2D eigenvalue weighted by atomic mass is 35.5. The molecule has 0 spiro atoms. The maximum Gasteiger partial charge on any atom is 0.292 e. The summed E-state index contributed by atoms with van der Waals surface area (Å²) in [5, 5.41) is 4.54. The normalized spacial score (nSPS) is 13.9. The van der Waals surface area contributed by atoms with Gasteiger partial charge in [-0.2, -0.15) is 9.78 Å². The van der Waals surface area contributed by atoms with Gasteiger partial charge in [0, 0.05) is 55.9 Å². The molecule has 1 aliphatic heterocycles. The molecule has 1 fully saturated rings. The van der Waals surface area contributed by atoms with Crippen molar-refractivity contribution in [2.24, 2.45) is 0 Å². The first-order valence-electron chi connectivity index (χ1n) is 10.7. The van der Waals surface area contributed by atoms with E-state index in [1.807, 2.05) is 55.5 Å².